The molecule has 2 aromatic heterocycles. The molecule has 7 nitrogen and oxygen atoms in total. The van der Waals surface area contributed by atoms with E-state index in [2.05, 4.69) is 10.3 Å². The van der Waals surface area contributed by atoms with Crippen LogP contribution in [0.2, 0.25) is 0 Å². The van der Waals surface area contributed by atoms with E-state index < -0.39 is 9.84 Å². The molecule has 0 atom stereocenters. The third-order valence-electron chi connectivity index (χ3n) is 4.82. The summed E-state index contributed by atoms with van der Waals surface area (Å²) in [7, 11) is -1.84. The summed E-state index contributed by atoms with van der Waals surface area (Å²) in [4.78, 5) is 0. The van der Waals surface area contributed by atoms with Crippen LogP contribution in [0.25, 0.3) is 11.3 Å². The number of rotatable bonds is 7. The van der Waals surface area contributed by atoms with Crippen LogP contribution in [0, 0.1) is 0 Å². The second-order valence-electron chi connectivity index (χ2n) is 6.80. The molecule has 2 heterocycles. The van der Waals surface area contributed by atoms with Crippen molar-refractivity contribution in [2.24, 2.45) is 0 Å². The molecule has 3 aromatic rings. The molecular formula is C19H20N2O5S. The highest BCUT2D eigenvalue weighted by Crippen LogP contribution is 2.37. The van der Waals surface area contributed by atoms with Gasteiger partial charge < -0.3 is 13.8 Å². The molecule has 0 N–H and O–H groups in total. The first-order valence-electron chi connectivity index (χ1n) is 8.77. The summed E-state index contributed by atoms with van der Waals surface area (Å²) in [6.45, 7) is 0. The van der Waals surface area contributed by atoms with E-state index in [4.69, 9.17) is 13.8 Å². The van der Waals surface area contributed by atoms with Gasteiger partial charge in [-0.25, -0.2) is 8.42 Å². The third-order valence-corrected chi connectivity index (χ3v) is 6.31. The summed E-state index contributed by atoms with van der Waals surface area (Å²) in [5, 5.41) is 7.92. The highest BCUT2D eigenvalue weighted by atomic mass is 32.2. The average Bonchev–Trinajstić information content (AvgIpc) is 3.23. The smallest absolute Gasteiger partial charge is 0.167 e. The lowest BCUT2D eigenvalue weighted by atomic mass is 9.82. The Morgan fingerprint density at radius 1 is 1.19 bits per heavy atom. The van der Waals surface area contributed by atoms with Crippen LogP contribution in [0.4, 0.5) is 0 Å². The normalized spacial score (nSPS) is 14.9. The fraction of sp³-hybridized carbons (Fsp3) is 0.368. The van der Waals surface area contributed by atoms with Crippen molar-refractivity contribution in [3.05, 3.63) is 53.5 Å². The van der Waals surface area contributed by atoms with E-state index in [1.165, 1.54) is 6.26 Å². The van der Waals surface area contributed by atoms with Crippen molar-refractivity contribution in [1.29, 1.82) is 0 Å². The van der Waals surface area contributed by atoms with E-state index in [1.54, 1.807) is 19.2 Å². The van der Waals surface area contributed by atoms with Gasteiger partial charge in [-0.2, -0.15) is 0 Å². The van der Waals surface area contributed by atoms with Gasteiger partial charge in [0.2, 0.25) is 0 Å². The van der Waals surface area contributed by atoms with Crippen LogP contribution in [0.1, 0.15) is 42.1 Å². The highest BCUT2D eigenvalue weighted by Gasteiger charge is 2.28. The summed E-state index contributed by atoms with van der Waals surface area (Å²) in [6.07, 6.45) is 4.66. The van der Waals surface area contributed by atoms with Crippen molar-refractivity contribution in [3.8, 4) is 17.1 Å². The van der Waals surface area contributed by atoms with Crippen molar-refractivity contribution >= 4 is 9.84 Å². The summed E-state index contributed by atoms with van der Waals surface area (Å²) < 4.78 is 40.8. The van der Waals surface area contributed by atoms with Crippen LogP contribution in [0.15, 0.2) is 45.6 Å². The molecule has 0 spiro atoms. The van der Waals surface area contributed by atoms with Gasteiger partial charge in [-0.1, -0.05) is 28.9 Å². The topological polar surface area (TPSA) is 95.4 Å². The Bertz CT molecular complexity index is 1030. The fourth-order valence-electron chi connectivity index (χ4n) is 3.20. The van der Waals surface area contributed by atoms with Gasteiger partial charge in [-0.3, -0.25) is 0 Å². The van der Waals surface area contributed by atoms with Gasteiger partial charge in [-0.05, 0) is 25.0 Å². The Balaban J connectivity index is 1.48. The van der Waals surface area contributed by atoms with Crippen LogP contribution < -0.4 is 4.74 Å². The van der Waals surface area contributed by atoms with E-state index in [0.29, 0.717) is 28.7 Å². The average molecular weight is 388 g/mol. The number of methoxy groups -OCH3 is 1. The van der Waals surface area contributed by atoms with Crippen molar-refractivity contribution in [2.75, 3.05) is 7.11 Å². The number of benzene rings is 1. The first-order valence-corrected chi connectivity index (χ1v) is 10.6. The molecule has 0 bridgehead atoms. The Kier molecular flexibility index (Phi) is 4.73. The van der Waals surface area contributed by atoms with Gasteiger partial charge in [0.05, 0.1) is 30.0 Å². The maximum atomic E-state index is 12.6. The van der Waals surface area contributed by atoms with Gasteiger partial charge in [0, 0.05) is 23.1 Å². The third kappa shape index (κ3) is 3.90. The van der Waals surface area contributed by atoms with E-state index in [9.17, 15) is 8.42 Å². The standard InChI is InChI=1S/C19H20N2O5S/c1-24-17-7-3-6-14(8-17)18-9-16(20-26-18)12-27(22,23)11-15-10-25-21-19(15)13-4-2-5-13/h3,6-10,13H,2,4-5,11-12H2,1H3. The second kappa shape index (κ2) is 7.19. The lowest BCUT2D eigenvalue weighted by Gasteiger charge is -2.23. The molecule has 8 heteroatoms. The molecule has 0 amide bonds. The number of hydrogen-bond donors (Lipinski definition) is 0. The van der Waals surface area contributed by atoms with Gasteiger partial charge in [0.1, 0.15) is 12.0 Å². The number of hydrogen-bond acceptors (Lipinski definition) is 7. The Hall–Kier alpha value is -2.61. The summed E-state index contributed by atoms with van der Waals surface area (Å²) in [5.74, 6) is 1.20. The largest absolute Gasteiger partial charge is 0.497 e. The van der Waals surface area contributed by atoms with Crippen molar-refractivity contribution in [1.82, 2.24) is 10.3 Å². The molecule has 4 rings (SSSR count). The van der Waals surface area contributed by atoms with Gasteiger partial charge in [0.25, 0.3) is 0 Å². The van der Waals surface area contributed by atoms with Crippen molar-refractivity contribution in [3.63, 3.8) is 0 Å². The summed E-state index contributed by atoms with van der Waals surface area (Å²) in [6, 6.07) is 8.96. The molecule has 1 aliphatic rings. The van der Waals surface area contributed by atoms with Crippen LogP contribution >= 0.6 is 0 Å². The molecular weight excluding hydrogens is 368 g/mol. The van der Waals surface area contributed by atoms with Crippen LogP contribution in [0.5, 0.6) is 5.75 Å². The first-order chi connectivity index (χ1) is 13.0. The maximum Gasteiger partial charge on any atom is 0.167 e. The second-order valence-corrected chi connectivity index (χ2v) is 8.86. The molecule has 0 saturated heterocycles. The number of aromatic nitrogens is 2. The van der Waals surface area contributed by atoms with Crippen molar-refractivity contribution < 1.29 is 22.2 Å². The molecule has 27 heavy (non-hydrogen) atoms. The fourth-order valence-corrected chi connectivity index (χ4v) is 4.58. The molecule has 142 valence electrons. The minimum absolute atomic E-state index is 0.107. The minimum Gasteiger partial charge on any atom is -0.497 e. The summed E-state index contributed by atoms with van der Waals surface area (Å²) in [5.41, 5.74) is 2.57. The SMILES string of the molecule is COc1cccc(-c2cc(CS(=O)(=O)Cc3conc3C3CCC3)no2)c1. The quantitative estimate of drug-likeness (QED) is 0.608. The van der Waals surface area contributed by atoms with Gasteiger partial charge in [-0.15, -0.1) is 0 Å². The van der Waals surface area contributed by atoms with Gasteiger partial charge in [0.15, 0.2) is 15.6 Å². The van der Waals surface area contributed by atoms with E-state index in [-0.39, 0.29) is 11.5 Å². The van der Waals surface area contributed by atoms with Crippen LogP contribution in [-0.2, 0) is 21.3 Å². The first kappa shape index (κ1) is 17.8. The van der Waals surface area contributed by atoms with E-state index in [1.807, 2.05) is 18.2 Å². The zero-order valence-corrected chi connectivity index (χ0v) is 15.7. The van der Waals surface area contributed by atoms with Crippen LogP contribution in [-0.4, -0.2) is 25.8 Å². The monoisotopic (exact) mass is 388 g/mol. The van der Waals surface area contributed by atoms with Gasteiger partial charge >= 0.3 is 0 Å². The molecule has 1 fully saturated rings. The number of ether oxygens (including phenoxy) is 1. The molecule has 0 aliphatic heterocycles. The maximum absolute atomic E-state index is 12.6. The molecule has 1 saturated carbocycles. The predicted molar refractivity (Wildman–Crippen MR) is 97.9 cm³/mol. The Labute approximate surface area is 157 Å². The lowest BCUT2D eigenvalue weighted by molar-refractivity contribution is 0.363. The predicted octanol–water partition coefficient (Wildman–Crippen LogP) is 3.72. The Morgan fingerprint density at radius 2 is 2.04 bits per heavy atom. The zero-order valence-electron chi connectivity index (χ0n) is 14.9. The number of nitrogens with zero attached hydrogens (tertiary/aromatic N) is 2. The molecule has 1 aliphatic carbocycles. The molecule has 0 unspecified atom stereocenters. The number of sulfone groups is 1. The zero-order chi connectivity index (χ0) is 18.9. The lowest BCUT2D eigenvalue weighted by Crippen LogP contribution is -2.14. The highest BCUT2D eigenvalue weighted by molar-refractivity contribution is 7.89. The van der Waals surface area contributed by atoms with Crippen LogP contribution in [0.3, 0.4) is 0 Å². The molecule has 1 aromatic carbocycles. The summed E-state index contributed by atoms with van der Waals surface area (Å²) >= 11 is 0. The Morgan fingerprint density at radius 3 is 2.78 bits per heavy atom. The minimum atomic E-state index is -3.43. The molecule has 0 radical (unpaired) electrons. The van der Waals surface area contributed by atoms with E-state index in [0.717, 1.165) is 30.5 Å². The van der Waals surface area contributed by atoms with Crippen molar-refractivity contribution in [2.45, 2.75) is 36.7 Å². The van der Waals surface area contributed by atoms with E-state index >= 15 is 0 Å².